The van der Waals surface area contributed by atoms with Crippen LogP contribution in [0.5, 0.6) is 0 Å². The maximum Gasteiger partial charge on any atom is 0.0544 e. The Kier molecular flexibility index (Phi) is 4.67. The van der Waals surface area contributed by atoms with Crippen LogP contribution in [-0.2, 0) is 6.54 Å². The second kappa shape index (κ2) is 6.35. The molecule has 1 N–H and O–H groups in total. The van der Waals surface area contributed by atoms with Crippen molar-refractivity contribution < 1.29 is 0 Å². The van der Waals surface area contributed by atoms with E-state index in [0.29, 0.717) is 11.6 Å². The Morgan fingerprint density at radius 2 is 2.24 bits per heavy atom. The first-order valence-corrected chi connectivity index (χ1v) is 8.99. The standard InChI is InChI=1S/C17H26BrN3/c1-3-4-16-10-20-17(2,13-5-6-13)12-21(16)11-15-8-7-14(18)9-19-15/h7-9,13,16,20H,3-6,10-12H2,1-2H3. The summed E-state index contributed by atoms with van der Waals surface area (Å²) in [6, 6.07) is 4.88. The zero-order valence-corrected chi connectivity index (χ0v) is 14.7. The molecule has 1 aromatic rings. The van der Waals surface area contributed by atoms with Crippen LogP contribution in [0.2, 0.25) is 0 Å². The van der Waals surface area contributed by atoms with Crippen molar-refractivity contribution in [2.75, 3.05) is 13.1 Å². The van der Waals surface area contributed by atoms with E-state index in [1.165, 1.54) is 31.4 Å². The molecule has 3 nitrogen and oxygen atoms in total. The van der Waals surface area contributed by atoms with Crippen LogP contribution >= 0.6 is 15.9 Å². The Bertz CT molecular complexity index is 471. The van der Waals surface area contributed by atoms with Crippen LogP contribution in [0.3, 0.4) is 0 Å². The van der Waals surface area contributed by atoms with Crippen LogP contribution in [0, 0.1) is 5.92 Å². The highest BCUT2D eigenvalue weighted by molar-refractivity contribution is 9.10. The molecule has 1 saturated carbocycles. The summed E-state index contributed by atoms with van der Waals surface area (Å²) >= 11 is 3.47. The van der Waals surface area contributed by atoms with Crippen molar-refractivity contribution in [2.45, 2.75) is 57.7 Å². The van der Waals surface area contributed by atoms with Gasteiger partial charge < -0.3 is 5.32 Å². The van der Waals surface area contributed by atoms with E-state index in [4.69, 9.17) is 0 Å². The van der Waals surface area contributed by atoms with Gasteiger partial charge in [0, 0.05) is 41.9 Å². The van der Waals surface area contributed by atoms with Crippen molar-refractivity contribution in [1.82, 2.24) is 15.2 Å². The van der Waals surface area contributed by atoms with Gasteiger partial charge in [-0.25, -0.2) is 0 Å². The summed E-state index contributed by atoms with van der Waals surface area (Å²) < 4.78 is 1.06. The summed E-state index contributed by atoms with van der Waals surface area (Å²) in [5.74, 6) is 0.875. The third-order valence-corrected chi connectivity index (χ3v) is 5.51. The van der Waals surface area contributed by atoms with Gasteiger partial charge in [-0.3, -0.25) is 9.88 Å². The normalized spacial score (nSPS) is 30.5. The number of pyridine rings is 1. The number of halogens is 1. The molecule has 21 heavy (non-hydrogen) atoms. The summed E-state index contributed by atoms with van der Waals surface area (Å²) in [5, 5.41) is 3.85. The van der Waals surface area contributed by atoms with Crippen molar-refractivity contribution >= 4 is 15.9 Å². The molecule has 1 aromatic heterocycles. The Balaban J connectivity index is 1.71. The van der Waals surface area contributed by atoms with Crippen molar-refractivity contribution in [3.05, 3.63) is 28.5 Å². The first kappa shape index (κ1) is 15.4. The quantitative estimate of drug-likeness (QED) is 0.878. The number of nitrogens with one attached hydrogen (secondary N) is 1. The van der Waals surface area contributed by atoms with Gasteiger partial charge in [-0.1, -0.05) is 13.3 Å². The highest BCUT2D eigenvalue weighted by Gasteiger charge is 2.45. The molecule has 2 heterocycles. The molecular weight excluding hydrogens is 326 g/mol. The number of nitrogens with zero attached hydrogens (tertiary/aromatic N) is 2. The van der Waals surface area contributed by atoms with Gasteiger partial charge in [0.2, 0.25) is 0 Å². The Morgan fingerprint density at radius 3 is 2.86 bits per heavy atom. The summed E-state index contributed by atoms with van der Waals surface area (Å²) in [7, 11) is 0. The van der Waals surface area contributed by atoms with Gasteiger partial charge in [-0.05, 0) is 60.2 Å². The molecule has 2 aliphatic rings. The van der Waals surface area contributed by atoms with Gasteiger partial charge in [-0.2, -0.15) is 0 Å². The second-order valence-corrected chi connectivity index (χ2v) is 7.80. The van der Waals surface area contributed by atoms with Crippen LogP contribution in [0.25, 0.3) is 0 Å². The van der Waals surface area contributed by atoms with E-state index in [-0.39, 0.29) is 0 Å². The van der Waals surface area contributed by atoms with E-state index >= 15 is 0 Å². The van der Waals surface area contributed by atoms with Crippen molar-refractivity contribution in [3.63, 3.8) is 0 Å². The Morgan fingerprint density at radius 1 is 1.43 bits per heavy atom. The minimum atomic E-state index is 0.305. The summed E-state index contributed by atoms with van der Waals surface area (Å²) in [5.41, 5.74) is 1.49. The lowest BCUT2D eigenvalue weighted by Gasteiger charge is -2.46. The molecule has 1 aliphatic carbocycles. The van der Waals surface area contributed by atoms with E-state index < -0.39 is 0 Å². The lowest BCUT2D eigenvalue weighted by atomic mass is 9.90. The predicted molar refractivity (Wildman–Crippen MR) is 90.2 cm³/mol. The Hall–Kier alpha value is -0.450. The molecule has 0 bridgehead atoms. The fourth-order valence-electron chi connectivity index (χ4n) is 3.59. The molecule has 2 atom stereocenters. The Labute approximate surface area is 136 Å². The predicted octanol–water partition coefficient (Wildman–Crippen LogP) is 3.59. The topological polar surface area (TPSA) is 28.2 Å². The zero-order valence-electron chi connectivity index (χ0n) is 13.1. The third-order valence-electron chi connectivity index (χ3n) is 5.04. The molecule has 116 valence electrons. The van der Waals surface area contributed by atoms with Crippen molar-refractivity contribution in [3.8, 4) is 0 Å². The summed E-state index contributed by atoms with van der Waals surface area (Å²) in [6.45, 7) is 7.94. The monoisotopic (exact) mass is 351 g/mol. The van der Waals surface area contributed by atoms with E-state index in [2.05, 4.69) is 57.1 Å². The lowest BCUT2D eigenvalue weighted by molar-refractivity contribution is 0.0628. The molecule has 0 radical (unpaired) electrons. The van der Waals surface area contributed by atoms with Crippen LogP contribution in [-0.4, -0.2) is 34.6 Å². The fourth-order valence-corrected chi connectivity index (χ4v) is 3.83. The first-order chi connectivity index (χ1) is 10.1. The zero-order chi connectivity index (χ0) is 14.9. The summed E-state index contributed by atoms with van der Waals surface area (Å²) in [4.78, 5) is 7.23. The second-order valence-electron chi connectivity index (χ2n) is 6.89. The lowest BCUT2D eigenvalue weighted by Crippen LogP contribution is -2.63. The molecule has 2 fully saturated rings. The van der Waals surface area contributed by atoms with Gasteiger partial charge in [0.05, 0.1) is 5.69 Å². The molecule has 2 unspecified atom stereocenters. The SMILES string of the molecule is CCCC1CNC(C)(C2CC2)CN1Cc1ccc(Br)cn1. The molecule has 0 amide bonds. The minimum Gasteiger partial charge on any atom is -0.308 e. The van der Waals surface area contributed by atoms with Crippen LogP contribution in [0.1, 0.15) is 45.2 Å². The van der Waals surface area contributed by atoms with Gasteiger partial charge in [0.25, 0.3) is 0 Å². The van der Waals surface area contributed by atoms with E-state index in [0.717, 1.165) is 30.0 Å². The van der Waals surface area contributed by atoms with Crippen LogP contribution in [0.4, 0.5) is 0 Å². The minimum absolute atomic E-state index is 0.305. The molecular formula is C17H26BrN3. The average molecular weight is 352 g/mol. The van der Waals surface area contributed by atoms with Gasteiger partial charge >= 0.3 is 0 Å². The average Bonchev–Trinajstić information content (AvgIpc) is 3.30. The van der Waals surface area contributed by atoms with Gasteiger partial charge in [0.15, 0.2) is 0 Å². The number of piperazine rings is 1. The number of hydrogen-bond acceptors (Lipinski definition) is 3. The van der Waals surface area contributed by atoms with Crippen molar-refractivity contribution in [2.24, 2.45) is 5.92 Å². The maximum absolute atomic E-state index is 4.57. The molecule has 4 heteroatoms. The molecule has 1 saturated heterocycles. The van der Waals surface area contributed by atoms with E-state index in [9.17, 15) is 0 Å². The number of hydrogen-bond donors (Lipinski definition) is 1. The highest BCUT2D eigenvalue weighted by Crippen LogP contribution is 2.41. The smallest absolute Gasteiger partial charge is 0.0544 e. The maximum atomic E-state index is 4.57. The van der Waals surface area contributed by atoms with Crippen LogP contribution < -0.4 is 5.32 Å². The van der Waals surface area contributed by atoms with Crippen molar-refractivity contribution in [1.29, 1.82) is 0 Å². The molecule has 1 aliphatic heterocycles. The van der Waals surface area contributed by atoms with E-state index in [1.54, 1.807) is 0 Å². The molecule has 3 rings (SSSR count). The van der Waals surface area contributed by atoms with Gasteiger partial charge in [-0.15, -0.1) is 0 Å². The number of rotatable bonds is 5. The fraction of sp³-hybridized carbons (Fsp3) is 0.706. The van der Waals surface area contributed by atoms with Gasteiger partial charge in [0.1, 0.15) is 0 Å². The van der Waals surface area contributed by atoms with Crippen LogP contribution in [0.15, 0.2) is 22.8 Å². The van der Waals surface area contributed by atoms with E-state index in [1.807, 2.05) is 6.20 Å². The summed E-state index contributed by atoms with van der Waals surface area (Å²) in [6.07, 6.45) is 7.21. The number of aromatic nitrogens is 1. The third kappa shape index (κ3) is 3.66. The highest BCUT2D eigenvalue weighted by atomic mass is 79.9. The largest absolute Gasteiger partial charge is 0.308 e. The molecule has 0 aromatic carbocycles. The molecule has 0 spiro atoms. The first-order valence-electron chi connectivity index (χ1n) is 8.20.